The van der Waals surface area contributed by atoms with Crippen molar-refractivity contribution in [2.75, 3.05) is 5.75 Å². The summed E-state index contributed by atoms with van der Waals surface area (Å²) in [7, 11) is 0. The Bertz CT molecular complexity index is 778. The second kappa shape index (κ2) is 8.48. The van der Waals surface area contributed by atoms with E-state index in [1.807, 2.05) is 19.1 Å². The number of hydrogen-bond donors (Lipinski definition) is 1. The molecule has 2 aromatic carbocycles. The molecule has 2 aromatic rings. The van der Waals surface area contributed by atoms with Crippen molar-refractivity contribution in [3.63, 3.8) is 0 Å². The highest BCUT2D eigenvalue weighted by Gasteiger charge is 2.15. The molecular formula is C20H21Cl2NOS. The number of nitrogens with one attached hydrogen (secondary N) is 1. The molecule has 0 saturated heterocycles. The van der Waals surface area contributed by atoms with E-state index in [2.05, 4.69) is 23.5 Å². The summed E-state index contributed by atoms with van der Waals surface area (Å²) in [6, 6.07) is 12.1. The second-order valence-electron chi connectivity index (χ2n) is 6.40. The minimum atomic E-state index is 0.0260. The summed E-state index contributed by atoms with van der Waals surface area (Å²) >= 11 is 13.6. The number of benzene rings is 2. The first-order valence-corrected chi connectivity index (χ1v) is 10.4. The third-order valence-corrected chi connectivity index (χ3v) is 6.07. The van der Waals surface area contributed by atoms with Gasteiger partial charge in [-0.3, -0.25) is 4.79 Å². The summed E-state index contributed by atoms with van der Waals surface area (Å²) in [4.78, 5) is 12.2. The molecule has 1 aliphatic carbocycles. The van der Waals surface area contributed by atoms with E-state index < -0.39 is 0 Å². The van der Waals surface area contributed by atoms with Gasteiger partial charge in [0.15, 0.2) is 0 Å². The fourth-order valence-electron chi connectivity index (χ4n) is 3.12. The molecule has 0 bridgehead atoms. The van der Waals surface area contributed by atoms with Gasteiger partial charge in [-0.1, -0.05) is 47.5 Å². The normalized spacial score (nSPS) is 14.2. The van der Waals surface area contributed by atoms with Gasteiger partial charge in [-0.25, -0.2) is 0 Å². The minimum Gasteiger partial charge on any atom is -0.349 e. The topological polar surface area (TPSA) is 29.1 Å². The number of halogens is 2. The van der Waals surface area contributed by atoms with Crippen LogP contribution in [-0.4, -0.2) is 11.7 Å². The van der Waals surface area contributed by atoms with Crippen LogP contribution in [0.5, 0.6) is 0 Å². The third-order valence-electron chi connectivity index (χ3n) is 4.51. The van der Waals surface area contributed by atoms with Crippen molar-refractivity contribution in [1.29, 1.82) is 0 Å². The van der Waals surface area contributed by atoms with E-state index in [1.54, 1.807) is 17.8 Å². The van der Waals surface area contributed by atoms with Crippen molar-refractivity contribution in [2.24, 2.45) is 0 Å². The Morgan fingerprint density at radius 2 is 1.96 bits per heavy atom. The van der Waals surface area contributed by atoms with Crippen LogP contribution in [0.15, 0.2) is 36.4 Å². The van der Waals surface area contributed by atoms with Gasteiger partial charge in [-0.15, -0.1) is 11.8 Å². The van der Waals surface area contributed by atoms with Gasteiger partial charge < -0.3 is 5.32 Å². The van der Waals surface area contributed by atoms with Gasteiger partial charge >= 0.3 is 0 Å². The van der Waals surface area contributed by atoms with E-state index in [1.165, 1.54) is 29.5 Å². The van der Waals surface area contributed by atoms with Crippen LogP contribution in [0.25, 0.3) is 0 Å². The standard InChI is InChI=1S/C20H21Cl2NOS/c1-13(15-6-5-14-3-2-4-16(14)9-15)23-20(24)12-25-11-17-7-8-18(21)10-19(17)22/h5-10,13H,2-4,11-12H2,1H3,(H,23,24). The number of rotatable bonds is 6. The smallest absolute Gasteiger partial charge is 0.230 e. The molecule has 132 valence electrons. The molecule has 1 atom stereocenters. The fourth-order valence-corrected chi connectivity index (χ4v) is 4.52. The first-order chi connectivity index (χ1) is 12.0. The van der Waals surface area contributed by atoms with Gasteiger partial charge in [0.1, 0.15) is 0 Å². The van der Waals surface area contributed by atoms with Crippen molar-refractivity contribution < 1.29 is 4.79 Å². The molecule has 1 unspecified atom stereocenters. The summed E-state index contributed by atoms with van der Waals surface area (Å²) in [6.45, 7) is 2.04. The number of aryl methyl sites for hydroxylation is 2. The molecule has 25 heavy (non-hydrogen) atoms. The molecule has 3 rings (SSSR count). The number of amides is 1. The summed E-state index contributed by atoms with van der Waals surface area (Å²) in [5.74, 6) is 1.15. The van der Waals surface area contributed by atoms with Crippen LogP contribution < -0.4 is 5.32 Å². The van der Waals surface area contributed by atoms with E-state index in [-0.39, 0.29) is 11.9 Å². The van der Waals surface area contributed by atoms with Gasteiger partial charge in [0, 0.05) is 15.8 Å². The van der Waals surface area contributed by atoms with E-state index in [9.17, 15) is 4.79 Å². The van der Waals surface area contributed by atoms with Crippen LogP contribution in [0.1, 0.15) is 41.6 Å². The Morgan fingerprint density at radius 1 is 1.16 bits per heavy atom. The maximum atomic E-state index is 12.2. The van der Waals surface area contributed by atoms with Gasteiger partial charge in [-0.2, -0.15) is 0 Å². The van der Waals surface area contributed by atoms with Crippen LogP contribution in [0, 0.1) is 0 Å². The molecule has 0 aromatic heterocycles. The minimum absolute atomic E-state index is 0.0260. The first-order valence-electron chi connectivity index (χ1n) is 8.45. The monoisotopic (exact) mass is 393 g/mol. The second-order valence-corrected chi connectivity index (χ2v) is 8.23. The van der Waals surface area contributed by atoms with E-state index in [0.717, 1.165) is 12.0 Å². The van der Waals surface area contributed by atoms with Crippen molar-refractivity contribution in [3.05, 3.63) is 68.7 Å². The lowest BCUT2D eigenvalue weighted by Crippen LogP contribution is -2.28. The zero-order valence-electron chi connectivity index (χ0n) is 14.1. The fraction of sp³-hybridized carbons (Fsp3) is 0.350. The van der Waals surface area contributed by atoms with Crippen LogP contribution >= 0.6 is 35.0 Å². The van der Waals surface area contributed by atoms with Gasteiger partial charge in [-0.05, 0) is 60.6 Å². The molecule has 1 amide bonds. The van der Waals surface area contributed by atoms with E-state index >= 15 is 0 Å². The van der Waals surface area contributed by atoms with Crippen LogP contribution in [0.2, 0.25) is 10.0 Å². The Hall–Kier alpha value is -1.16. The SMILES string of the molecule is CC(NC(=O)CSCc1ccc(Cl)cc1Cl)c1ccc2c(c1)CCC2. The summed E-state index contributed by atoms with van der Waals surface area (Å²) in [5.41, 5.74) is 5.07. The summed E-state index contributed by atoms with van der Waals surface area (Å²) < 4.78 is 0. The molecule has 5 heteroatoms. The van der Waals surface area contributed by atoms with Crippen LogP contribution in [-0.2, 0) is 23.4 Å². The largest absolute Gasteiger partial charge is 0.349 e. The number of thioether (sulfide) groups is 1. The van der Waals surface area contributed by atoms with E-state index in [4.69, 9.17) is 23.2 Å². The van der Waals surface area contributed by atoms with Crippen LogP contribution in [0.4, 0.5) is 0 Å². The maximum absolute atomic E-state index is 12.2. The Morgan fingerprint density at radius 3 is 2.76 bits per heavy atom. The maximum Gasteiger partial charge on any atom is 0.230 e. The third kappa shape index (κ3) is 4.93. The molecule has 0 fully saturated rings. The number of carbonyl (C=O) groups is 1. The number of carbonyl (C=O) groups excluding carboxylic acids is 1. The molecular weight excluding hydrogens is 373 g/mol. The van der Waals surface area contributed by atoms with Crippen molar-refractivity contribution in [2.45, 2.75) is 38.0 Å². The average Bonchev–Trinajstić information content (AvgIpc) is 3.04. The molecule has 0 radical (unpaired) electrons. The highest BCUT2D eigenvalue weighted by atomic mass is 35.5. The molecule has 0 spiro atoms. The Balaban J connectivity index is 1.48. The van der Waals surface area contributed by atoms with Crippen molar-refractivity contribution in [1.82, 2.24) is 5.32 Å². The van der Waals surface area contributed by atoms with Crippen molar-refractivity contribution in [3.8, 4) is 0 Å². The summed E-state index contributed by atoms with van der Waals surface area (Å²) in [5, 5.41) is 4.35. The Labute approximate surface area is 163 Å². The highest BCUT2D eigenvalue weighted by Crippen LogP contribution is 2.26. The van der Waals surface area contributed by atoms with Gasteiger partial charge in [0.2, 0.25) is 5.91 Å². The van der Waals surface area contributed by atoms with Crippen molar-refractivity contribution >= 4 is 40.9 Å². The quantitative estimate of drug-likeness (QED) is 0.692. The van der Waals surface area contributed by atoms with Gasteiger partial charge in [0.05, 0.1) is 11.8 Å². The number of fused-ring (bicyclic) bond motifs is 1. The zero-order valence-corrected chi connectivity index (χ0v) is 16.5. The first kappa shape index (κ1) is 18.6. The average molecular weight is 394 g/mol. The lowest BCUT2D eigenvalue weighted by Gasteiger charge is -2.15. The van der Waals surface area contributed by atoms with Gasteiger partial charge in [0.25, 0.3) is 0 Å². The molecule has 2 nitrogen and oxygen atoms in total. The predicted octanol–water partition coefficient (Wildman–Crippen LogP) is 5.59. The zero-order chi connectivity index (χ0) is 17.8. The molecule has 1 N–H and O–H groups in total. The molecule has 0 aliphatic heterocycles. The lowest BCUT2D eigenvalue weighted by atomic mass is 10.0. The summed E-state index contributed by atoms with van der Waals surface area (Å²) in [6.07, 6.45) is 3.57. The highest BCUT2D eigenvalue weighted by molar-refractivity contribution is 7.99. The number of hydrogen-bond acceptors (Lipinski definition) is 2. The molecule has 0 heterocycles. The predicted molar refractivity (Wildman–Crippen MR) is 108 cm³/mol. The van der Waals surface area contributed by atoms with Crippen LogP contribution in [0.3, 0.4) is 0 Å². The lowest BCUT2D eigenvalue weighted by molar-refractivity contribution is -0.119. The molecule has 0 saturated carbocycles. The van der Waals surface area contributed by atoms with E-state index in [0.29, 0.717) is 21.6 Å². The Kier molecular flexibility index (Phi) is 6.32. The molecule has 1 aliphatic rings.